The molecule has 2 saturated heterocycles. The fourth-order valence-corrected chi connectivity index (χ4v) is 4.12. The average molecular weight is 431 g/mol. The first-order valence-corrected chi connectivity index (χ1v) is 10.4. The van der Waals surface area contributed by atoms with Gasteiger partial charge in [0.05, 0.1) is 25.3 Å². The van der Waals surface area contributed by atoms with E-state index >= 15 is 0 Å². The van der Waals surface area contributed by atoms with Gasteiger partial charge in [-0.25, -0.2) is 4.98 Å². The number of ether oxygens (including phenoxy) is 1. The van der Waals surface area contributed by atoms with Crippen molar-refractivity contribution in [2.45, 2.75) is 38.5 Å². The Hall–Kier alpha value is -2.98. The molecule has 0 atom stereocenters. The molecule has 10 heteroatoms. The lowest BCUT2D eigenvalue weighted by Crippen LogP contribution is -2.58. The summed E-state index contributed by atoms with van der Waals surface area (Å²) in [5.41, 5.74) is 0.0379. The van der Waals surface area contributed by atoms with E-state index in [2.05, 4.69) is 14.9 Å². The first-order chi connectivity index (χ1) is 15.0. The molecule has 4 rings (SSSR count). The van der Waals surface area contributed by atoms with Crippen LogP contribution in [0.4, 0.5) is 0 Å². The first kappa shape index (κ1) is 22.7. The van der Waals surface area contributed by atoms with Gasteiger partial charge in [0.15, 0.2) is 0 Å². The highest BCUT2D eigenvalue weighted by Gasteiger charge is 2.41. The second kappa shape index (κ2) is 10.4. The molecule has 2 fully saturated rings. The number of likely N-dealkylation sites (tertiary alicyclic amines) is 1. The third-order valence-corrected chi connectivity index (χ3v) is 5.81. The van der Waals surface area contributed by atoms with Crippen LogP contribution in [0.15, 0.2) is 35.5 Å². The number of hydrogen-bond donors (Lipinski definition) is 2. The van der Waals surface area contributed by atoms with E-state index in [4.69, 9.17) is 14.6 Å². The van der Waals surface area contributed by atoms with Crippen molar-refractivity contribution in [2.75, 3.05) is 32.8 Å². The fraction of sp³-hybridized carbons (Fsp3) is 0.524. The second-order valence-corrected chi connectivity index (χ2v) is 7.72. The standard InChI is InChI=1S/C20H27N5O3.CH2O2/c1-2-24-8-3-16(13-18(24)26)19(27)25-11-12-28-20(15-25)4-9-23(10-5-20)14-17-21-6-7-22-17;2-1-3/h3,6-8,13H,2,4-5,9-12,14-15H2,1H3,(H,21,22);1H,(H,2,3). The van der Waals surface area contributed by atoms with Crippen LogP contribution in [0.2, 0.25) is 0 Å². The maximum absolute atomic E-state index is 13.0. The molecule has 1 amide bonds. The minimum absolute atomic E-state index is 0.0824. The Morgan fingerprint density at radius 1 is 1.35 bits per heavy atom. The number of amides is 1. The second-order valence-electron chi connectivity index (χ2n) is 7.72. The number of aromatic amines is 1. The van der Waals surface area contributed by atoms with Crippen LogP contribution in [0.5, 0.6) is 0 Å². The number of H-pyrrole nitrogens is 1. The van der Waals surface area contributed by atoms with Crippen molar-refractivity contribution in [3.63, 3.8) is 0 Å². The van der Waals surface area contributed by atoms with Crippen molar-refractivity contribution in [3.8, 4) is 0 Å². The first-order valence-electron chi connectivity index (χ1n) is 10.4. The number of nitrogens with zero attached hydrogens (tertiary/aromatic N) is 4. The third kappa shape index (κ3) is 5.59. The van der Waals surface area contributed by atoms with E-state index in [9.17, 15) is 9.59 Å². The molecule has 4 heterocycles. The van der Waals surface area contributed by atoms with Crippen LogP contribution in [0.1, 0.15) is 35.9 Å². The number of nitrogens with one attached hydrogen (secondary N) is 1. The fourth-order valence-electron chi connectivity index (χ4n) is 4.12. The predicted octanol–water partition coefficient (Wildman–Crippen LogP) is 0.799. The van der Waals surface area contributed by atoms with Crippen LogP contribution < -0.4 is 5.56 Å². The number of pyridine rings is 1. The number of hydrogen-bond acceptors (Lipinski definition) is 6. The Kier molecular flexibility index (Phi) is 7.59. The minimum Gasteiger partial charge on any atom is -0.483 e. The van der Waals surface area contributed by atoms with Gasteiger partial charge in [-0.3, -0.25) is 19.3 Å². The van der Waals surface area contributed by atoms with E-state index in [0.29, 0.717) is 31.8 Å². The number of imidazole rings is 1. The zero-order valence-corrected chi connectivity index (χ0v) is 17.7. The number of carboxylic acid groups (broad SMARTS) is 1. The number of carbonyl (C=O) groups excluding carboxylic acids is 1. The van der Waals surface area contributed by atoms with Gasteiger partial charge in [-0.05, 0) is 25.8 Å². The molecule has 0 saturated carbocycles. The van der Waals surface area contributed by atoms with Gasteiger partial charge in [-0.15, -0.1) is 0 Å². The summed E-state index contributed by atoms with van der Waals surface area (Å²) < 4.78 is 7.75. The molecule has 2 aliphatic rings. The van der Waals surface area contributed by atoms with Crippen molar-refractivity contribution >= 4 is 12.4 Å². The Morgan fingerprint density at radius 2 is 2.10 bits per heavy atom. The Labute approximate surface area is 180 Å². The van der Waals surface area contributed by atoms with Crippen LogP contribution in [0, 0.1) is 0 Å². The summed E-state index contributed by atoms with van der Waals surface area (Å²) >= 11 is 0. The zero-order valence-electron chi connectivity index (χ0n) is 17.7. The Morgan fingerprint density at radius 3 is 2.71 bits per heavy atom. The highest BCUT2D eigenvalue weighted by Crippen LogP contribution is 2.31. The van der Waals surface area contributed by atoms with Gasteiger partial charge in [0, 0.05) is 56.4 Å². The van der Waals surface area contributed by atoms with Gasteiger partial charge < -0.3 is 24.3 Å². The molecule has 31 heavy (non-hydrogen) atoms. The van der Waals surface area contributed by atoms with Crippen LogP contribution in [-0.4, -0.2) is 80.2 Å². The monoisotopic (exact) mass is 431 g/mol. The van der Waals surface area contributed by atoms with E-state index in [0.717, 1.165) is 38.3 Å². The number of piperidine rings is 1. The molecule has 2 aromatic rings. The molecule has 0 aliphatic carbocycles. The summed E-state index contributed by atoms with van der Waals surface area (Å²) in [4.78, 5) is 45.0. The predicted molar refractivity (Wildman–Crippen MR) is 113 cm³/mol. The van der Waals surface area contributed by atoms with Crippen LogP contribution in [0.3, 0.4) is 0 Å². The molecular formula is C21H29N5O5. The van der Waals surface area contributed by atoms with E-state index in [1.54, 1.807) is 23.0 Å². The SMILES string of the molecule is CCn1ccc(C(=O)N2CCOC3(CCN(Cc4ncc[nH]4)CC3)C2)cc1=O.O=CO. The maximum Gasteiger partial charge on any atom is 0.290 e. The van der Waals surface area contributed by atoms with Gasteiger partial charge in [0.2, 0.25) is 0 Å². The maximum atomic E-state index is 13.0. The normalized spacial score (nSPS) is 18.3. The molecular weight excluding hydrogens is 402 g/mol. The van der Waals surface area contributed by atoms with Gasteiger partial charge in [0.1, 0.15) is 5.82 Å². The number of carbonyl (C=O) groups is 2. The molecule has 0 aromatic carbocycles. The van der Waals surface area contributed by atoms with Crippen molar-refractivity contribution in [3.05, 3.63) is 52.5 Å². The van der Waals surface area contributed by atoms with Gasteiger partial charge in [0.25, 0.3) is 17.9 Å². The van der Waals surface area contributed by atoms with E-state index < -0.39 is 0 Å². The zero-order chi connectivity index (χ0) is 22.3. The lowest BCUT2D eigenvalue weighted by molar-refractivity contribution is -0.128. The number of aryl methyl sites for hydroxylation is 1. The smallest absolute Gasteiger partial charge is 0.290 e. The largest absolute Gasteiger partial charge is 0.483 e. The molecule has 168 valence electrons. The van der Waals surface area contributed by atoms with E-state index in [-0.39, 0.29) is 23.5 Å². The summed E-state index contributed by atoms with van der Waals surface area (Å²) in [5.74, 6) is 0.889. The van der Waals surface area contributed by atoms with Crippen molar-refractivity contribution in [2.24, 2.45) is 0 Å². The summed E-state index contributed by atoms with van der Waals surface area (Å²) in [6.07, 6.45) is 7.07. The molecule has 0 bridgehead atoms. The van der Waals surface area contributed by atoms with Crippen LogP contribution in [-0.2, 0) is 22.6 Å². The molecule has 1 spiro atoms. The summed E-state index contributed by atoms with van der Waals surface area (Å²) in [5, 5.41) is 6.89. The summed E-state index contributed by atoms with van der Waals surface area (Å²) in [6, 6.07) is 3.18. The van der Waals surface area contributed by atoms with Crippen LogP contribution in [0.25, 0.3) is 0 Å². The number of aromatic nitrogens is 3. The van der Waals surface area contributed by atoms with Crippen molar-refractivity contribution in [1.82, 2.24) is 24.3 Å². The quantitative estimate of drug-likeness (QED) is 0.687. The molecule has 10 nitrogen and oxygen atoms in total. The lowest BCUT2D eigenvalue weighted by Gasteiger charge is -2.47. The van der Waals surface area contributed by atoms with Crippen molar-refractivity contribution in [1.29, 1.82) is 0 Å². The lowest BCUT2D eigenvalue weighted by atomic mass is 9.89. The third-order valence-electron chi connectivity index (χ3n) is 5.81. The molecule has 0 radical (unpaired) electrons. The van der Waals surface area contributed by atoms with E-state index in [1.165, 1.54) is 6.07 Å². The molecule has 0 unspecified atom stereocenters. The minimum atomic E-state index is -0.286. The van der Waals surface area contributed by atoms with Gasteiger partial charge in [-0.1, -0.05) is 0 Å². The number of rotatable bonds is 4. The molecule has 2 aliphatic heterocycles. The van der Waals surface area contributed by atoms with Crippen molar-refractivity contribution < 1.29 is 19.4 Å². The Bertz CT molecular complexity index is 918. The average Bonchev–Trinajstić information content (AvgIpc) is 3.29. The van der Waals surface area contributed by atoms with E-state index in [1.807, 2.05) is 18.0 Å². The van der Waals surface area contributed by atoms with Crippen LogP contribution >= 0.6 is 0 Å². The highest BCUT2D eigenvalue weighted by molar-refractivity contribution is 5.94. The van der Waals surface area contributed by atoms with Gasteiger partial charge >= 0.3 is 0 Å². The molecule has 2 aromatic heterocycles. The summed E-state index contributed by atoms with van der Waals surface area (Å²) in [6.45, 7) is 6.57. The Balaban J connectivity index is 0.000000858. The molecule has 2 N–H and O–H groups in total. The summed E-state index contributed by atoms with van der Waals surface area (Å²) in [7, 11) is 0. The van der Waals surface area contributed by atoms with Gasteiger partial charge in [-0.2, -0.15) is 0 Å². The number of morpholine rings is 1. The topological polar surface area (TPSA) is 121 Å². The highest BCUT2D eigenvalue weighted by atomic mass is 16.5.